The molecule has 0 aliphatic carbocycles. The standard InChI is InChI=1S/C22H17F3N2O4/c1-14-7-10-18(30-14)13-19(27-20(28)15-5-3-2-4-6-15)21(29)26-16-8-11-17(12-9-16)31-22(23,24)25/h2-13H,1H3,(H,26,29)(H,27,28)/b19-13-. The number of benzene rings is 2. The molecule has 0 atom stereocenters. The molecule has 0 unspecified atom stereocenters. The molecule has 31 heavy (non-hydrogen) atoms. The summed E-state index contributed by atoms with van der Waals surface area (Å²) in [4.78, 5) is 25.3. The van der Waals surface area contributed by atoms with Crippen molar-refractivity contribution in [3.63, 3.8) is 0 Å². The monoisotopic (exact) mass is 430 g/mol. The summed E-state index contributed by atoms with van der Waals surface area (Å²) in [6.07, 6.45) is -3.46. The van der Waals surface area contributed by atoms with Crippen LogP contribution in [0.2, 0.25) is 0 Å². The molecule has 1 heterocycles. The topological polar surface area (TPSA) is 80.6 Å². The third kappa shape index (κ3) is 6.49. The van der Waals surface area contributed by atoms with Crippen molar-refractivity contribution in [2.24, 2.45) is 0 Å². The number of aryl methyl sites for hydroxylation is 1. The van der Waals surface area contributed by atoms with Gasteiger partial charge in [0.1, 0.15) is 23.0 Å². The van der Waals surface area contributed by atoms with Gasteiger partial charge in [0.05, 0.1) is 0 Å². The summed E-state index contributed by atoms with van der Waals surface area (Å²) in [6, 6.07) is 16.2. The first-order valence-electron chi connectivity index (χ1n) is 9.01. The Balaban J connectivity index is 1.79. The smallest absolute Gasteiger partial charge is 0.462 e. The van der Waals surface area contributed by atoms with Crippen LogP contribution in [0.25, 0.3) is 6.08 Å². The Hall–Kier alpha value is -4.01. The van der Waals surface area contributed by atoms with Gasteiger partial charge in [0.2, 0.25) is 0 Å². The molecular weight excluding hydrogens is 413 g/mol. The van der Waals surface area contributed by atoms with E-state index in [0.29, 0.717) is 17.1 Å². The lowest BCUT2D eigenvalue weighted by atomic mass is 10.2. The van der Waals surface area contributed by atoms with Gasteiger partial charge in [-0.2, -0.15) is 0 Å². The lowest BCUT2D eigenvalue weighted by Crippen LogP contribution is -2.30. The van der Waals surface area contributed by atoms with Crippen molar-refractivity contribution in [3.8, 4) is 5.75 Å². The van der Waals surface area contributed by atoms with E-state index in [1.54, 1.807) is 49.4 Å². The highest BCUT2D eigenvalue weighted by atomic mass is 19.4. The Morgan fingerprint density at radius 3 is 2.23 bits per heavy atom. The molecule has 6 nitrogen and oxygen atoms in total. The maximum atomic E-state index is 12.8. The Morgan fingerprint density at radius 2 is 1.65 bits per heavy atom. The van der Waals surface area contributed by atoms with E-state index in [1.165, 1.54) is 18.2 Å². The van der Waals surface area contributed by atoms with Gasteiger partial charge < -0.3 is 19.8 Å². The maximum Gasteiger partial charge on any atom is 0.573 e. The summed E-state index contributed by atoms with van der Waals surface area (Å²) in [6.45, 7) is 1.73. The number of halogens is 3. The first-order chi connectivity index (χ1) is 14.7. The van der Waals surface area contributed by atoms with Crippen LogP contribution in [0.3, 0.4) is 0 Å². The van der Waals surface area contributed by atoms with Crippen molar-refractivity contribution in [1.82, 2.24) is 5.32 Å². The number of furan rings is 1. The SMILES string of the molecule is Cc1ccc(/C=C(\NC(=O)c2ccccc2)C(=O)Nc2ccc(OC(F)(F)F)cc2)o1. The van der Waals surface area contributed by atoms with Crippen LogP contribution >= 0.6 is 0 Å². The van der Waals surface area contributed by atoms with Gasteiger partial charge >= 0.3 is 6.36 Å². The second-order valence-corrected chi connectivity index (χ2v) is 6.35. The highest BCUT2D eigenvalue weighted by Crippen LogP contribution is 2.24. The molecule has 9 heteroatoms. The summed E-state index contributed by atoms with van der Waals surface area (Å²) in [5, 5.41) is 5.05. The minimum absolute atomic E-state index is 0.112. The number of rotatable bonds is 6. The number of hydrogen-bond acceptors (Lipinski definition) is 4. The van der Waals surface area contributed by atoms with Gasteiger partial charge in [-0.3, -0.25) is 9.59 Å². The van der Waals surface area contributed by atoms with Crippen LogP contribution in [0.15, 0.2) is 76.8 Å². The zero-order valence-corrected chi connectivity index (χ0v) is 16.2. The second kappa shape index (κ2) is 9.21. The van der Waals surface area contributed by atoms with Gasteiger partial charge in [0, 0.05) is 17.3 Å². The average molecular weight is 430 g/mol. The molecule has 0 aliphatic heterocycles. The molecule has 1 aromatic heterocycles. The number of carbonyl (C=O) groups excluding carboxylic acids is 2. The number of nitrogens with one attached hydrogen (secondary N) is 2. The minimum Gasteiger partial charge on any atom is -0.462 e. The quantitative estimate of drug-likeness (QED) is 0.546. The molecular formula is C22H17F3N2O4. The summed E-state index contributed by atoms with van der Waals surface area (Å²) in [7, 11) is 0. The van der Waals surface area contributed by atoms with E-state index < -0.39 is 23.9 Å². The number of hydrogen-bond donors (Lipinski definition) is 2. The Kier molecular flexibility index (Phi) is 6.44. The van der Waals surface area contributed by atoms with Crippen molar-refractivity contribution >= 4 is 23.6 Å². The van der Waals surface area contributed by atoms with E-state index in [1.807, 2.05) is 0 Å². The molecule has 0 fully saturated rings. The number of amides is 2. The average Bonchev–Trinajstić information content (AvgIpc) is 3.13. The fraction of sp³-hybridized carbons (Fsp3) is 0.0909. The van der Waals surface area contributed by atoms with Crippen molar-refractivity contribution in [3.05, 3.63) is 89.5 Å². The molecule has 0 radical (unpaired) electrons. The van der Waals surface area contributed by atoms with Crippen LogP contribution in [0.5, 0.6) is 5.75 Å². The van der Waals surface area contributed by atoms with E-state index in [0.717, 1.165) is 12.1 Å². The maximum absolute atomic E-state index is 12.8. The van der Waals surface area contributed by atoms with Gasteiger partial charge in [-0.25, -0.2) is 0 Å². The van der Waals surface area contributed by atoms with Crippen LogP contribution in [-0.4, -0.2) is 18.2 Å². The zero-order chi connectivity index (χ0) is 22.4. The third-order valence-electron chi connectivity index (χ3n) is 3.92. The summed E-state index contributed by atoms with van der Waals surface area (Å²) in [5.41, 5.74) is 0.430. The molecule has 0 saturated heterocycles. The molecule has 2 amide bonds. The highest BCUT2D eigenvalue weighted by Gasteiger charge is 2.31. The lowest BCUT2D eigenvalue weighted by molar-refractivity contribution is -0.274. The van der Waals surface area contributed by atoms with Gasteiger partial charge in [-0.15, -0.1) is 13.2 Å². The van der Waals surface area contributed by atoms with Crippen molar-refractivity contribution in [2.75, 3.05) is 5.32 Å². The lowest BCUT2D eigenvalue weighted by Gasteiger charge is -2.12. The van der Waals surface area contributed by atoms with Crippen molar-refractivity contribution in [1.29, 1.82) is 0 Å². The van der Waals surface area contributed by atoms with Gasteiger partial charge in [0.25, 0.3) is 11.8 Å². The number of ether oxygens (including phenoxy) is 1. The summed E-state index contributed by atoms with van der Waals surface area (Å²) in [5.74, 6) is -0.683. The molecule has 0 saturated carbocycles. The van der Waals surface area contributed by atoms with Crippen LogP contribution in [0.4, 0.5) is 18.9 Å². The van der Waals surface area contributed by atoms with Crippen molar-refractivity contribution in [2.45, 2.75) is 13.3 Å². The Labute approximate surface area is 175 Å². The zero-order valence-electron chi connectivity index (χ0n) is 16.2. The van der Waals surface area contributed by atoms with Crippen LogP contribution in [0, 0.1) is 6.92 Å². The molecule has 0 spiro atoms. The predicted octanol–water partition coefficient (Wildman–Crippen LogP) is 4.90. The summed E-state index contributed by atoms with van der Waals surface area (Å²) >= 11 is 0. The second-order valence-electron chi connectivity index (χ2n) is 6.35. The molecule has 3 aromatic rings. The molecule has 2 aromatic carbocycles. The van der Waals surface area contributed by atoms with Crippen LogP contribution in [0.1, 0.15) is 21.9 Å². The first kappa shape index (κ1) is 21.7. The molecule has 3 rings (SSSR count). The normalized spacial score (nSPS) is 11.7. The van der Waals surface area contributed by atoms with Crippen molar-refractivity contribution < 1.29 is 31.9 Å². The molecule has 0 bridgehead atoms. The van der Waals surface area contributed by atoms with E-state index in [2.05, 4.69) is 15.4 Å². The number of anilines is 1. The van der Waals surface area contributed by atoms with Gasteiger partial charge in [-0.1, -0.05) is 18.2 Å². The van der Waals surface area contributed by atoms with Crippen LogP contribution < -0.4 is 15.4 Å². The molecule has 0 aliphatic rings. The van der Waals surface area contributed by atoms with E-state index >= 15 is 0 Å². The summed E-state index contributed by atoms with van der Waals surface area (Å²) < 4.78 is 46.1. The van der Waals surface area contributed by atoms with E-state index in [-0.39, 0.29) is 11.4 Å². The Morgan fingerprint density at radius 1 is 0.968 bits per heavy atom. The largest absolute Gasteiger partial charge is 0.573 e. The van der Waals surface area contributed by atoms with E-state index in [9.17, 15) is 22.8 Å². The first-order valence-corrected chi connectivity index (χ1v) is 9.01. The fourth-order valence-corrected chi connectivity index (χ4v) is 2.55. The van der Waals surface area contributed by atoms with Gasteiger partial charge in [-0.05, 0) is 55.5 Å². The van der Waals surface area contributed by atoms with Gasteiger partial charge in [0.15, 0.2) is 0 Å². The highest BCUT2D eigenvalue weighted by molar-refractivity contribution is 6.10. The fourth-order valence-electron chi connectivity index (χ4n) is 2.55. The number of carbonyl (C=O) groups is 2. The molecule has 160 valence electrons. The molecule has 2 N–H and O–H groups in total. The predicted molar refractivity (Wildman–Crippen MR) is 107 cm³/mol. The Bertz CT molecular complexity index is 1090. The van der Waals surface area contributed by atoms with E-state index in [4.69, 9.17) is 4.42 Å². The van der Waals surface area contributed by atoms with Crippen LogP contribution in [-0.2, 0) is 4.79 Å². The number of alkyl halides is 3. The third-order valence-corrected chi connectivity index (χ3v) is 3.92. The minimum atomic E-state index is -4.82.